The summed E-state index contributed by atoms with van der Waals surface area (Å²) in [5, 5.41) is 0. The van der Waals surface area contributed by atoms with Crippen LogP contribution in [0.2, 0.25) is 0 Å². The lowest BCUT2D eigenvalue weighted by atomic mass is 9.97. The number of nitrogen functional groups attached to an aromatic ring is 1. The average Bonchev–Trinajstić information content (AvgIpc) is 3.16. The fourth-order valence-electron chi connectivity index (χ4n) is 3.30. The molecule has 27 heavy (non-hydrogen) atoms. The molecule has 2 heterocycles. The predicted octanol–water partition coefficient (Wildman–Crippen LogP) is 4.97. The smallest absolute Gasteiger partial charge is 0.231 e. The summed E-state index contributed by atoms with van der Waals surface area (Å²) in [6.07, 6.45) is 4.16. The van der Waals surface area contributed by atoms with Crippen LogP contribution >= 0.6 is 0 Å². The molecule has 0 unspecified atom stereocenters. The van der Waals surface area contributed by atoms with Crippen molar-refractivity contribution in [2.45, 2.75) is 0 Å². The lowest BCUT2D eigenvalue weighted by Crippen LogP contribution is -2.03. The van der Waals surface area contributed by atoms with Crippen LogP contribution in [0.3, 0.4) is 0 Å². The Balaban J connectivity index is 1.62. The Labute approximate surface area is 157 Å². The van der Waals surface area contributed by atoms with Gasteiger partial charge in [-0.25, -0.2) is 0 Å². The molecule has 4 heteroatoms. The zero-order chi connectivity index (χ0) is 18.2. The van der Waals surface area contributed by atoms with Crippen molar-refractivity contribution in [3.05, 3.63) is 89.5 Å². The van der Waals surface area contributed by atoms with Crippen molar-refractivity contribution in [1.82, 2.24) is 0 Å². The number of allylic oxidation sites excluding steroid dienone is 2. The summed E-state index contributed by atoms with van der Waals surface area (Å²) in [6, 6.07) is 21.7. The minimum Gasteiger partial charge on any atom is -0.456 e. The number of nitrogens with two attached hydrogens (primary N) is 1. The maximum atomic E-state index is 6.17. The maximum absolute atomic E-state index is 6.17. The molecule has 0 fully saturated rings. The first-order valence-corrected chi connectivity index (χ1v) is 8.72. The first-order chi connectivity index (χ1) is 13.3. The number of hydrogen-bond acceptors (Lipinski definition) is 4. The van der Waals surface area contributed by atoms with Crippen LogP contribution in [0.5, 0.6) is 17.2 Å². The third-order valence-electron chi connectivity index (χ3n) is 4.59. The van der Waals surface area contributed by atoms with Crippen LogP contribution in [-0.2, 0) is 0 Å². The fourth-order valence-corrected chi connectivity index (χ4v) is 3.30. The summed E-state index contributed by atoms with van der Waals surface area (Å²) >= 11 is 0. The van der Waals surface area contributed by atoms with Gasteiger partial charge in [0.1, 0.15) is 11.5 Å². The van der Waals surface area contributed by atoms with Crippen LogP contribution < -0.4 is 19.9 Å². The molecule has 2 N–H and O–H groups in total. The highest BCUT2D eigenvalue weighted by Gasteiger charge is 2.20. The number of ether oxygens (including phenoxy) is 3. The van der Waals surface area contributed by atoms with Crippen molar-refractivity contribution in [2.24, 2.45) is 0 Å². The minimum atomic E-state index is 0.252. The second kappa shape index (κ2) is 6.25. The fraction of sp³-hybridized carbons (Fsp3) is 0.0435. The molecule has 0 radical (unpaired) electrons. The molecule has 0 atom stereocenters. The zero-order valence-electron chi connectivity index (χ0n) is 14.5. The number of rotatable bonds is 2. The van der Waals surface area contributed by atoms with Gasteiger partial charge in [0.25, 0.3) is 0 Å². The molecule has 0 saturated heterocycles. The van der Waals surface area contributed by atoms with E-state index in [0.29, 0.717) is 0 Å². The molecule has 0 aliphatic carbocycles. The number of benzene rings is 3. The highest BCUT2D eigenvalue weighted by Crippen LogP contribution is 2.40. The third-order valence-corrected chi connectivity index (χ3v) is 4.59. The van der Waals surface area contributed by atoms with E-state index < -0.39 is 0 Å². The van der Waals surface area contributed by atoms with Gasteiger partial charge in [0.2, 0.25) is 6.79 Å². The van der Waals surface area contributed by atoms with Gasteiger partial charge in [-0.2, -0.15) is 0 Å². The molecule has 3 aromatic rings. The van der Waals surface area contributed by atoms with E-state index in [0.717, 1.165) is 51.0 Å². The third kappa shape index (κ3) is 2.91. The number of para-hydroxylation sites is 1. The Bertz CT molecular complexity index is 1100. The van der Waals surface area contributed by atoms with E-state index in [9.17, 15) is 0 Å². The maximum Gasteiger partial charge on any atom is 0.231 e. The van der Waals surface area contributed by atoms with E-state index in [1.165, 1.54) is 0 Å². The monoisotopic (exact) mass is 355 g/mol. The molecule has 0 spiro atoms. The Kier molecular flexibility index (Phi) is 3.61. The van der Waals surface area contributed by atoms with Crippen LogP contribution in [0.4, 0.5) is 5.69 Å². The number of anilines is 1. The molecule has 5 rings (SSSR count). The van der Waals surface area contributed by atoms with E-state index >= 15 is 0 Å². The molecular weight excluding hydrogens is 338 g/mol. The summed E-state index contributed by atoms with van der Waals surface area (Å²) in [7, 11) is 0. The van der Waals surface area contributed by atoms with Crippen LogP contribution in [0.15, 0.2) is 72.8 Å². The molecule has 2 aliphatic rings. The first-order valence-electron chi connectivity index (χ1n) is 8.72. The van der Waals surface area contributed by atoms with Gasteiger partial charge in [0.05, 0.1) is 0 Å². The van der Waals surface area contributed by atoms with Gasteiger partial charge in [-0.1, -0.05) is 30.3 Å². The molecule has 0 aromatic heterocycles. The van der Waals surface area contributed by atoms with Crippen molar-refractivity contribution in [2.75, 3.05) is 12.5 Å². The van der Waals surface area contributed by atoms with Crippen LogP contribution in [0.1, 0.15) is 16.7 Å². The Hall–Kier alpha value is -3.66. The SMILES string of the molecule is Nc1cccc(/C=C2\C=C(c3ccc4c(c3)OCO4)Oc3ccccc32)c1. The number of hydrogen-bond donors (Lipinski definition) is 1. The predicted molar refractivity (Wildman–Crippen MR) is 106 cm³/mol. The molecule has 4 nitrogen and oxygen atoms in total. The molecule has 0 saturated carbocycles. The van der Waals surface area contributed by atoms with Gasteiger partial charge in [-0.3, -0.25) is 0 Å². The van der Waals surface area contributed by atoms with E-state index in [-0.39, 0.29) is 6.79 Å². The minimum absolute atomic E-state index is 0.252. The molecule has 2 aliphatic heterocycles. The van der Waals surface area contributed by atoms with Gasteiger partial charge in [-0.15, -0.1) is 0 Å². The summed E-state index contributed by atoms with van der Waals surface area (Å²) in [5.74, 6) is 3.08. The molecule has 3 aromatic carbocycles. The van der Waals surface area contributed by atoms with Crippen molar-refractivity contribution < 1.29 is 14.2 Å². The standard InChI is InChI=1S/C23H17NO3/c24-18-5-3-4-15(11-18)10-17-13-22(27-20-7-2-1-6-19(17)20)16-8-9-21-23(12-16)26-14-25-21/h1-13H,14,24H2/b17-10+. The largest absolute Gasteiger partial charge is 0.456 e. The van der Waals surface area contributed by atoms with E-state index in [2.05, 4.69) is 12.1 Å². The lowest BCUT2D eigenvalue weighted by Gasteiger charge is -2.20. The average molecular weight is 355 g/mol. The van der Waals surface area contributed by atoms with Crippen molar-refractivity contribution >= 4 is 23.1 Å². The molecule has 0 bridgehead atoms. The first kappa shape index (κ1) is 15.6. The highest BCUT2D eigenvalue weighted by atomic mass is 16.7. The molecule has 0 amide bonds. The van der Waals surface area contributed by atoms with Gasteiger partial charge >= 0.3 is 0 Å². The normalized spacial score (nSPS) is 15.9. The highest BCUT2D eigenvalue weighted by molar-refractivity contribution is 5.96. The zero-order valence-corrected chi connectivity index (χ0v) is 14.5. The summed E-state index contributed by atoms with van der Waals surface area (Å²) in [6.45, 7) is 0.252. The topological polar surface area (TPSA) is 53.7 Å². The van der Waals surface area contributed by atoms with E-state index in [1.54, 1.807) is 0 Å². The van der Waals surface area contributed by atoms with E-state index in [4.69, 9.17) is 19.9 Å². The lowest BCUT2D eigenvalue weighted by molar-refractivity contribution is 0.174. The van der Waals surface area contributed by atoms with Crippen molar-refractivity contribution in [3.8, 4) is 17.2 Å². The Morgan fingerprint density at radius 1 is 0.815 bits per heavy atom. The number of fused-ring (bicyclic) bond motifs is 2. The summed E-state index contributed by atoms with van der Waals surface area (Å²) in [4.78, 5) is 0. The second-order valence-corrected chi connectivity index (χ2v) is 6.44. The molecular formula is C23H17NO3. The van der Waals surface area contributed by atoms with Gasteiger partial charge in [0, 0.05) is 16.8 Å². The van der Waals surface area contributed by atoms with Gasteiger partial charge < -0.3 is 19.9 Å². The molecule has 132 valence electrons. The van der Waals surface area contributed by atoms with Crippen molar-refractivity contribution in [1.29, 1.82) is 0 Å². The van der Waals surface area contributed by atoms with Gasteiger partial charge in [-0.05, 0) is 59.7 Å². The van der Waals surface area contributed by atoms with Crippen LogP contribution in [0.25, 0.3) is 17.4 Å². The van der Waals surface area contributed by atoms with E-state index in [1.807, 2.05) is 66.7 Å². The Morgan fingerprint density at radius 3 is 2.63 bits per heavy atom. The van der Waals surface area contributed by atoms with Crippen LogP contribution in [-0.4, -0.2) is 6.79 Å². The summed E-state index contributed by atoms with van der Waals surface area (Å²) in [5.41, 5.74) is 10.8. The Morgan fingerprint density at radius 2 is 1.70 bits per heavy atom. The van der Waals surface area contributed by atoms with Gasteiger partial charge in [0.15, 0.2) is 11.5 Å². The second-order valence-electron chi connectivity index (χ2n) is 6.44. The van der Waals surface area contributed by atoms with Crippen molar-refractivity contribution in [3.63, 3.8) is 0 Å². The van der Waals surface area contributed by atoms with Crippen LogP contribution in [0, 0.1) is 0 Å². The summed E-state index contributed by atoms with van der Waals surface area (Å²) < 4.78 is 17.1. The quantitative estimate of drug-likeness (QED) is 0.659.